The van der Waals surface area contributed by atoms with Crippen molar-refractivity contribution in [2.45, 2.75) is 57.8 Å². The lowest BCUT2D eigenvalue weighted by Gasteiger charge is -2.22. The van der Waals surface area contributed by atoms with E-state index >= 15 is 0 Å². The van der Waals surface area contributed by atoms with Gasteiger partial charge in [0.2, 0.25) is 11.1 Å². The second kappa shape index (κ2) is 10.6. The van der Waals surface area contributed by atoms with Crippen LogP contribution in [0.3, 0.4) is 0 Å². The van der Waals surface area contributed by atoms with E-state index in [1.807, 2.05) is 0 Å². The van der Waals surface area contributed by atoms with E-state index in [1.54, 1.807) is 0 Å². The van der Waals surface area contributed by atoms with E-state index in [-0.39, 0.29) is 24.7 Å². The lowest BCUT2D eigenvalue weighted by Crippen LogP contribution is -2.35. The molecule has 1 aliphatic rings. The highest BCUT2D eigenvalue weighted by atomic mass is 35.5. The second-order valence-electron chi connectivity index (χ2n) is 5.91. The maximum atomic E-state index is 12.0. The van der Waals surface area contributed by atoms with Gasteiger partial charge in [0.15, 0.2) is 0 Å². The SMILES string of the molecule is COC(=O)CCCC(C(=O)Cl)C(=O)NCCC1CCCCC1. The molecule has 126 valence electrons. The van der Waals surface area contributed by atoms with Crippen molar-refractivity contribution in [1.82, 2.24) is 5.32 Å². The first-order chi connectivity index (χ1) is 10.5. The third kappa shape index (κ3) is 7.25. The summed E-state index contributed by atoms with van der Waals surface area (Å²) in [6.45, 7) is 0.584. The molecule has 5 nitrogen and oxygen atoms in total. The van der Waals surface area contributed by atoms with Gasteiger partial charge < -0.3 is 10.1 Å². The molecule has 1 amide bonds. The maximum absolute atomic E-state index is 12.0. The molecule has 0 heterocycles. The van der Waals surface area contributed by atoms with Crippen LogP contribution >= 0.6 is 11.6 Å². The van der Waals surface area contributed by atoms with Crippen LogP contribution in [0.4, 0.5) is 0 Å². The fraction of sp³-hybridized carbons (Fsp3) is 0.812. The summed E-state index contributed by atoms with van der Waals surface area (Å²) in [4.78, 5) is 34.5. The Kier molecular flexibility index (Phi) is 9.13. The number of amides is 1. The molecule has 1 aliphatic carbocycles. The molecule has 0 aliphatic heterocycles. The zero-order chi connectivity index (χ0) is 16.4. The van der Waals surface area contributed by atoms with E-state index < -0.39 is 11.2 Å². The number of carbonyl (C=O) groups excluding carboxylic acids is 3. The van der Waals surface area contributed by atoms with Crippen molar-refractivity contribution in [2.24, 2.45) is 11.8 Å². The number of methoxy groups -OCH3 is 1. The minimum Gasteiger partial charge on any atom is -0.469 e. The number of carbonyl (C=O) groups is 3. The van der Waals surface area contributed by atoms with Crippen molar-refractivity contribution in [1.29, 1.82) is 0 Å². The first-order valence-electron chi connectivity index (χ1n) is 8.08. The number of rotatable bonds is 9. The van der Waals surface area contributed by atoms with Crippen molar-refractivity contribution in [2.75, 3.05) is 13.7 Å². The van der Waals surface area contributed by atoms with E-state index in [0.29, 0.717) is 18.9 Å². The highest BCUT2D eigenvalue weighted by Gasteiger charge is 2.25. The van der Waals surface area contributed by atoms with E-state index in [0.717, 1.165) is 6.42 Å². The standard InChI is InChI=1S/C16H26ClNO4/c1-22-14(19)9-5-8-13(15(17)20)16(21)18-11-10-12-6-3-2-4-7-12/h12-13H,2-11H2,1H3,(H,18,21). The van der Waals surface area contributed by atoms with Crippen molar-refractivity contribution in [3.05, 3.63) is 0 Å². The Morgan fingerprint density at radius 2 is 1.91 bits per heavy atom. The number of ether oxygens (including phenoxy) is 1. The van der Waals surface area contributed by atoms with Crippen molar-refractivity contribution < 1.29 is 19.1 Å². The molecule has 1 fully saturated rings. The van der Waals surface area contributed by atoms with E-state index in [4.69, 9.17) is 11.6 Å². The molecule has 0 aromatic rings. The van der Waals surface area contributed by atoms with Gasteiger partial charge in [0.25, 0.3) is 0 Å². The lowest BCUT2D eigenvalue weighted by atomic mass is 9.87. The van der Waals surface area contributed by atoms with Crippen LogP contribution in [-0.2, 0) is 19.1 Å². The number of hydrogen-bond donors (Lipinski definition) is 1. The maximum Gasteiger partial charge on any atom is 0.305 e. The number of halogens is 1. The van der Waals surface area contributed by atoms with Crippen LogP contribution in [0.15, 0.2) is 0 Å². The molecule has 0 saturated heterocycles. The molecule has 1 atom stereocenters. The molecule has 0 aromatic heterocycles. The molecule has 1 rings (SSSR count). The van der Waals surface area contributed by atoms with Crippen LogP contribution in [0.2, 0.25) is 0 Å². The minimum atomic E-state index is -0.877. The number of esters is 1. The molecule has 0 bridgehead atoms. The van der Waals surface area contributed by atoms with Crippen molar-refractivity contribution in [3.63, 3.8) is 0 Å². The summed E-state index contributed by atoms with van der Waals surface area (Å²) in [5, 5.41) is 2.14. The van der Waals surface area contributed by atoms with Crippen LogP contribution in [0.25, 0.3) is 0 Å². The Bertz CT molecular complexity index is 380. The van der Waals surface area contributed by atoms with Crippen molar-refractivity contribution >= 4 is 28.7 Å². The van der Waals surface area contributed by atoms with Crippen LogP contribution in [0.5, 0.6) is 0 Å². The van der Waals surface area contributed by atoms with Crippen LogP contribution in [0, 0.1) is 11.8 Å². The fourth-order valence-electron chi connectivity index (χ4n) is 2.90. The molecular weight excluding hydrogens is 306 g/mol. The minimum absolute atomic E-state index is 0.187. The van der Waals surface area contributed by atoms with Gasteiger partial charge in [-0.1, -0.05) is 32.1 Å². The summed E-state index contributed by atoms with van der Waals surface area (Å²) in [6, 6.07) is 0. The number of hydrogen-bond acceptors (Lipinski definition) is 4. The Balaban J connectivity index is 2.28. The third-order valence-electron chi connectivity index (χ3n) is 4.27. The Morgan fingerprint density at radius 1 is 1.23 bits per heavy atom. The van der Waals surface area contributed by atoms with Crippen LogP contribution < -0.4 is 5.32 Å². The summed E-state index contributed by atoms with van der Waals surface area (Å²) < 4.78 is 4.53. The van der Waals surface area contributed by atoms with E-state index in [9.17, 15) is 14.4 Å². The topological polar surface area (TPSA) is 72.5 Å². The molecule has 0 aromatic carbocycles. The largest absolute Gasteiger partial charge is 0.469 e. The normalized spacial score (nSPS) is 16.8. The highest BCUT2D eigenvalue weighted by Crippen LogP contribution is 2.25. The zero-order valence-corrected chi connectivity index (χ0v) is 14.0. The average Bonchev–Trinajstić information content (AvgIpc) is 2.51. The predicted molar refractivity (Wildman–Crippen MR) is 84.4 cm³/mol. The Morgan fingerprint density at radius 3 is 2.50 bits per heavy atom. The van der Waals surface area contributed by atoms with Gasteiger partial charge in [-0.25, -0.2) is 0 Å². The second-order valence-corrected chi connectivity index (χ2v) is 6.28. The number of nitrogens with one attached hydrogen (secondary N) is 1. The van der Waals surface area contributed by atoms with Gasteiger partial charge in [0.05, 0.1) is 7.11 Å². The molecule has 22 heavy (non-hydrogen) atoms. The zero-order valence-electron chi connectivity index (χ0n) is 13.2. The third-order valence-corrected chi connectivity index (χ3v) is 4.53. The summed E-state index contributed by atoms with van der Waals surface area (Å²) in [5.74, 6) is -0.879. The van der Waals surface area contributed by atoms with Gasteiger partial charge in [0, 0.05) is 13.0 Å². The predicted octanol–water partition coefficient (Wildman–Crippen LogP) is 2.80. The summed E-state index contributed by atoms with van der Waals surface area (Å²) in [5.41, 5.74) is 0. The van der Waals surface area contributed by atoms with Gasteiger partial charge in [-0.3, -0.25) is 14.4 Å². The van der Waals surface area contributed by atoms with E-state index in [2.05, 4.69) is 10.1 Å². The fourth-order valence-corrected chi connectivity index (χ4v) is 3.11. The quantitative estimate of drug-likeness (QED) is 0.400. The Hall–Kier alpha value is -1.10. The average molecular weight is 332 g/mol. The molecule has 1 N–H and O–H groups in total. The highest BCUT2D eigenvalue weighted by molar-refractivity contribution is 6.65. The van der Waals surface area contributed by atoms with Gasteiger partial charge in [-0.2, -0.15) is 0 Å². The summed E-state index contributed by atoms with van der Waals surface area (Å²) in [6.07, 6.45) is 8.14. The first kappa shape index (κ1) is 18.9. The van der Waals surface area contributed by atoms with Crippen LogP contribution in [-0.4, -0.2) is 30.8 Å². The smallest absolute Gasteiger partial charge is 0.305 e. The monoisotopic (exact) mass is 331 g/mol. The molecule has 1 unspecified atom stereocenters. The molecule has 6 heteroatoms. The van der Waals surface area contributed by atoms with Gasteiger partial charge >= 0.3 is 5.97 Å². The van der Waals surface area contributed by atoms with Gasteiger partial charge in [0.1, 0.15) is 5.92 Å². The Labute approximate surface area is 137 Å². The first-order valence-corrected chi connectivity index (χ1v) is 8.46. The summed E-state index contributed by atoms with van der Waals surface area (Å²) in [7, 11) is 1.31. The molecular formula is C16H26ClNO4. The van der Waals surface area contributed by atoms with E-state index in [1.165, 1.54) is 39.2 Å². The van der Waals surface area contributed by atoms with Gasteiger partial charge in [-0.15, -0.1) is 0 Å². The van der Waals surface area contributed by atoms with Crippen LogP contribution in [0.1, 0.15) is 57.8 Å². The lowest BCUT2D eigenvalue weighted by molar-refractivity contribution is -0.141. The van der Waals surface area contributed by atoms with Crippen molar-refractivity contribution in [3.8, 4) is 0 Å². The van der Waals surface area contributed by atoms with Gasteiger partial charge in [-0.05, 0) is 36.8 Å². The molecule has 0 spiro atoms. The molecule has 0 radical (unpaired) electrons. The summed E-state index contributed by atoms with van der Waals surface area (Å²) >= 11 is 5.50. The molecule has 1 saturated carbocycles.